The summed E-state index contributed by atoms with van der Waals surface area (Å²) in [7, 11) is 0. The van der Waals surface area contributed by atoms with E-state index in [0.717, 1.165) is 0 Å². The van der Waals surface area contributed by atoms with Crippen LogP contribution in [0.5, 0.6) is 0 Å². The molecule has 0 aromatic heterocycles. The van der Waals surface area contributed by atoms with Crippen LogP contribution >= 0.6 is 0 Å². The predicted octanol–water partition coefficient (Wildman–Crippen LogP) is 1.27. The number of hydrogen-bond acceptors (Lipinski definition) is 4. The van der Waals surface area contributed by atoms with Crippen molar-refractivity contribution in [2.45, 2.75) is 13.0 Å². The number of rotatable bonds is 5. The molecule has 20 heavy (non-hydrogen) atoms. The SMILES string of the molecule is CC(COC(=O)[C]1[CH][CH][CH][CH]1)OC(=O)[C]1[CH][CH][CH][CH]1.[Fe+2]. The first kappa shape index (κ1) is 17.5. The summed E-state index contributed by atoms with van der Waals surface area (Å²) in [6.07, 6.45) is 13.2. The normalized spacial score (nSPS) is 21.2. The van der Waals surface area contributed by atoms with Crippen molar-refractivity contribution in [3.63, 3.8) is 0 Å². The van der Waals surface area contributed by atoms with Crippen LogP contribution in [0, 0.1) is 63.2 Å². The van der Waals surface area contributed by atoms with Gasteiger partial charge in [-0.2, -0.15) is 0 Å². The molecule has 2 aliphatic rings. The van der Waals surface area contributed by atoms with Crippen molar-refractivity contribution in [2.24, 2.45) is 0 Å². The Morgan fingerprint density at radius 3 is 1.90 bits per heavy atom. The summed E-state index contributed by atoms with van der Waals surface area (Å²) in [6, 6.07) is 0. The van der Waals surface area contributed by atoms with Gasteiger partial charge in [0.15, 0.2) is 0 Å². The maximum Gasteiger partial charge on any atom is 2.00 e. The molecule has 0 saturated heterocycles. The van der Waals surface area contributed by atoms with Crippen molar-refractivity contribution in [1.29, 1.82) is 0 Å². The second-order valence-electron chi connectivity index (χ2n) is 4.16. The molecule has 0 amide bonds. The average Bonchev–Trinajstić information content (AvgIpc) is 3.07. The Labute approximate surface area is 131 Å². The Kier molecular flexibility index (Phi) is 7.60. The summed E-state index contributed by atoms with van der Waals surface area (Å²) in [4.78, 5) is 23.2. The van der Waals surface area contributed by atoms with E-state index in [1.54, 1.807) is 58.3 Å². The maximum absolute atomic E-state index is 11.6. The van der Waals surface area contributed by atoms with Gasteiger partial charge in [-0.3, -0.25) is 9.59 Å². The summed E-state index contributed by atoms with van der Waals surface area (Å²) in [5.74, 6) is 0.159. The Balaban J connectivity index is 0.00000200. The van der Waals surface area contributed by atoms with Crippen LogP contribution in [0.1, 0.15) is 6.92 Å². The number of carbonyl (C=O) groups excluding carboxylic acids is 2. The summed E-state index contributed by atoms with van der Waals surface area (Å²) in [5, 5.41) is 0. The van der Waals surface area contributed by atoms with Gasteiger partial charge < -0.3 is 9.47 Å². The van der Waals surface area contributed by atoms with Gasteiger partial charge in [-0.15, -0.1) is 0 Å². The van der Waals surface area contributed by atoms with Gasteiger partial charge in [-0.05, 0) is 58.3 Å². The molecule has 10 radical (unpaired) electrons. The van der Waals surface area contributed by atoms with Crippen LogP contribution in [0.15, 0.2) is 0 Å². The van der Waals surface area contributed by atoms with Crippen LogP contribution in [0.3, 0.4) is 0 Å². The molecule has 5 heteroatoms. The van der Waals surface area contributed by atoms with Gasteiger partial charge in [0, 0.05) is 0 Å². The fourth-order valence-corrected chi connectivity index (χ4v) is 1.58. The van der Waals surface area contributed by atoms with E-state index in [2.05, 4.69) is 0 Å². The number of esters is 2. The molecule has 0 aliphatic heterocycles. The largest absolute Gasteiger partial charge is 2.00 e. The first-order chi connectivity index (χ1) is 9.16. The third-order valence-electron chi connectivity index (χ3n) is 2.55. The topological polar surface area (TPSA) is 52.6 Å². The number of hydrogen-bond donors (Lipinski definition) is 0. The Bertz CT molecular complexity index is 320. The van der Waals surface area contributed by atoms with Gasteiger partial charge in [0.1, 0.15) is 12.7 Å². The van der Waals surface area contributed by atoms with Gasteiger partial charge >= 0.3 is 29.0 Å². The van der Waals surface area contributed by atoms with E-state index in [1.807, 2.05) is 0 Å². The molecule has 2 saturated carbocycles. The molecule has 2 fully saturated rings. The third kappa shape index (κ3) is 5.10. The Morgan fingerprint density at radius 1 is 0.950 bits per heavy atom. The first-order valence-electron chi connectivity index (χ1n) is 5.98. The van der Waals surface area contributed by atoms with Crippen molar-refractivity contribution in [1.82, 2.24) is 0 Å². The van der Waals surface area contributed by atoms with Gasteiger partial charge in [0.2, 0.25) is 0 Å². The van der Waals surface area contributed by atoms with Gasteiger partial charge in [0.25, 0.3) is 0 Å². The zero-order valence-corrected chi connectivity index (χ0v) is 12.0. The first-order valence-corrected chi connectivity index (χ1v) is 5.98. The van der Waals surface area contributed by atoms with E-state index in [0.29, 0.717) is 11.8 Å². The van der Waals surface area contributed by atoms with Gasteiger partial charge in [0.05, 0.1) is 11.8 Å². The summed E-state index contributed by atoms with van der Waals surface area (Å²) in [5.41, 5.74) is 0. The summed E-state index contributed by atoms with van der Waals surface area (Å²) < 4.78 is 10.2. The van der Waals surface area contributed by atoms with Crippen LogP contribution in [0.4, 0.5) is 0 Å². The van der Waals surface area contributed by atoms with E-state index in [4.69, 9.17) is 9.47 Å². The van der Waals surface area contributed by atoms with E-state index in [-0.39, 0.29) is 23.7 Å². The standard InChI is InChI=1S/C15H14O4.Fe/c1-11(19-15(17)13-8-4-5-9-13)10-18-14(16)12-6-2-3-7-12;/h2-9,11H,10H2,1H3;/q;+2. The second kappa shape index (κ2) is 8.68. The van der Waals surface area contributed by atoms with Crippen molar-refractivity contribution in [3.05, 3.63) is 63.2 Å². The molecule has 0 N–H and O–H groups in total. The van der Waals surface area contributed by atoms with Crippen molar-refractivity contribution in [2.75, 3.05) is 6.61 Å². The molecule has 0 aromatic carbocycles. The number of carbonyl (C=O) groups is 2. The molecular formula is C15H14FeO4+2. The van der Waals surface area contributed by atoms with Gasteiger partial charge in [-0.1, -0.05) is 0 Å². The van der Waals surface area contributed by atoms with Gasteiger partial charge in [-0.25, -0.2) is 0 Å². The molecule has 0 bridgehead atoms. The van der Waals surface area contributed by atoms with E-state index >= 15 is 0 Å². The van der Waals surface area contributed by atoms with Crippen LogP contribution in [0.2, 0.25) is 0 Å². The van der Waals surface area contributed by atoms with Crippen LogP contribution in [-0.4, -0.2) is 24.6 Å². The van der Waals surface area contributed by atoms with Crippen molar-refractivity contribution < 1.29 is 36.1 Å². The molecule has 2 rings (SSSR count). The van der Waals surface area contributed by atoms with E-state index < -0.39 is 18.0 Å². The Morgan fingerprint density at radius 2 is 1.40 bits per heavy atom. The fourth-order valence-electron chi connectivity index (χ4n) is 1.58. The van der Waals surface area contributed by atoms with Crippen molar-refractivity contribution >= 4 is 11.9 Å². The smallest absolute Gasteiger partial charge is 0.461 e. The second-order valence-corrected chi connectivity index (χ2v) is 4.16. The zero-order valence-electron chi connectivity index (χ0n) is 10.9. The number of ether oxygens (including phenoxy) is 2. The fraction of sp³-hybridized carbons (Fsp3) is 0.200. The summed E-state index contributed by atoms with van der Waals surface area (Å²) >= 11 is 0. The predicted molar refractivity (Wildman–Crippen MR) is 67.4 cm³/mol. The molecule has 104 valence electrons. The zero-order chi connectivity index (χ0) is 13.7. The molecule has 1 unspecified atom stereocenters. The minimum absolute atomic E-state index is 0. The summed E-state index contributed by atoms with van der Waals surface area (Å²) in [6.45, 7) is 1.72. The third-order valence-corrected chi connectivity index (χ3v) is 2.55. The molecule has 2 aliphatic carbocycles. The molecule has 0 spiro atoms. The van der Waals surface area contributed by atoms with Crippen LogP contribution in [-0.2, 0) is 36.1 Å². The van der Waals surface area contributed by atoms with Crippen molar-refractivity contribution in [3.8, 4) is 0 Å². The van der Waals surface area contributed by atoms with E-state index in [1.165, 1.54) is 0 Å². The van der Waals surface area contributed by atoms with Crippen LogP contribution in [0.25, 0.3) is 0 Å². The average molecular weight is 314 g/mol. The monoisotopic (exact) mass is 314 g/mol. The minimum atomic E-state index is -0.485. The van der Waals surface area contributed by atoms with Crippen LogP contribution < -0.4 is 0 Å². The molecule has 0 aromatic rings. The Hall–Kier alpha value is -0.541. The molecule has 4 nitrogen and oxygen atoms in total. The van der Waals surface area contributed by atoms with E-state index in [9.17, 15) is 9.59 Å². The molecule has 1 atom stereocenters. The quantitative estimate of drug-likeness (QED) is 0.566. The molecule has 0 heterocycles. The maximum atomic E-state index is 11.6. The minimum Gasteiger partial charge on any atom is -0.461 e. The molecular weight excluding hydrogens is 300 g/mol.